The summed E-state index contributed by atoms with van der Waals surface area (Å²) >= 11 is 1.63. The number of ether oxygens (including phenoxy) is 1. The zero-order valence-electron chi connectivity index (χ0n) is 27.3. The van der Waals surface area contributed by atoms with Gasteiger partial charge in [-0.1, -0.05) is 49.3 Å². The number of carbonyl (C=O) groups is 4. The molecule has 0 spiro atoms. The molecule has 254 valence electrons. The van der Waals surface area contributed by atoms with E-state index < -0.39 is 53.1 Å². The van der Waals surface area contributed by atoms with Crippen molar-refractivity contribution >= 4 is 35.2 Å². The fourth-order valence-electron chi connectivity index (χ4n) is 6.44. The maximum atomic E-state index is 14.3. The fourth-order valence-corrected chi connectivity index (χ4v) is 7.17. The van der Waals surface area contributed by atoms with E-state index >= 15 is 0 Å². The first-order chi connectivity index (χ1) is 22.9. The quantitative estimate of drug-likeness (QED) is 0.328. The van der Waals surface area contributed by atoms with Crippen LogP contribution in [0.25, 0.3) is 21.8 Å². The minimum absolute atomic E-state index is 0.0673. The predicted molar refractivity (Wildman–Crippen MR) is 178 cm³/mol. The molecule has 0 bridgehead atoms. The Hall–Kier alpha value is -4.59. The number of fused-ring (bicyclic) bond motifs is 2. The van der Waals surface area contributed by atoms with Crippen molar-refractivity contribution in [1.29, 1.82) is 0 Å². The Balaban J connectivity index is 1.29. The van der Waals surface area contributed by atoms with Crippen molar-refractivity contribution in [2.24, 2.45) is 5.92 Å². The number of aromatic nitrogens is 4. The van der Waals surface area contributed by atoms with Gasteiger partial charge in [0.2, 0.25) is 17.6 Å². The first-order valence-electron chi connectivity index (χ1n) is 16.4. The van der Waals surface area contributed by atoms with Gasteiger partial charge in [-0.05, 0) is 74.7 Å². The number of thiophene rings is 1. The molecular weight excluding hydrogens is 634 g/mol. The van der Waals surface area contributed by atoms with Crippen LogP contribution < -0.4 is 10.6 Å². The lowest BCUT2D eigenvalue weighted by Gasteiger charge is -2.30. The Morgan fingerprint density at radius 2 is 1.94 bits per heavy atom. The van der Waals surface area contributed by atoms with Crippen LogP contribution in [0.5, 0.6) is 0 Å². The number of aliphatic carboxylic acids is 1. The van der Waals surface area contributed by atoms with Crippen molar-refractivity contribution in [2.45, 2.75) is 95.0 Å². The lowest BCUT2D eigenvalue weighted by Crippen LogP contribution is -2.56. The number of carboxylic acids is 1. The number of hydrogen-bond acceptors (Lipinski definition) is 9. The van der Waals surface area contributed by atoms with E-state index in [9.17, 15) is 24.3 Å². The van der Waals surface area contributed by atoms with Crippen LogP contribution in [0.2, 0.25) is 0 Å². The lowest BCUT2D eigenvalue weighted by atomic mass is 10.0. The monoisotopic (exact) mass is 675 g/mol. The highest BCUT2D eigenvalue weighted by Crippen LogP contribution is 2.45. The van der Waals surface area contributed by atoms with Gasteiger partial charge < -0.3 is 25.4 Å². The maximum Gasteiger partial charge on any atom is 0.408 e. The van der Waals surface area contributed by atoms with Gasteiger partial charge in [0, 0.05) is 29.3 Å². The van der Waals surface area contributed by atoms with Crippen molar-refractivity contribution in [3.63, 3.8) is 0 Å². The number of carbonyl (C=O) groups excluding carboxylic acids is 3. The van der Waals surface area contributed by atoms with E-state index in [-0.39, 0.29) is 25.3 Å². The van der Waals surface area contributed by atoms with Crippen molar-refractivity contribution < 1.29 is 29.0 Å². The average molecular weight is 676 g/mol. The molecule has 3 N–H and O–H groups in total. The topological polar surface area (TPSA) is 169 Å². The summed E-state index contributed by atoms with van der Waals surface area (Å²) in [5.41, 5.74) is -0.406. The highest BCUT2D eigenvalue weighted by Gasteiger charge is 2.61. The number of allylic oxidation sites excluding steroid dienone is 1. The molecule has 0 radical (unpaired) electrons. The maximum absolute atomic E-state index is 14.3. The third-order valence-corrected chi connectivity index (χ3v) is 9.93. The van der Waals surface area contributed by atoms with Crippen molar-refractivity contribution in [3.8, 4) is 21.8 Å². The second-order valence-corrected chi connectivity index (χ2v) is 14.7. The van der Waals surface area contributed by atoms with Crippen LogP contribution in [-0.4, -0.2) is 83.9 Å². The van der Waals surface area contributed by atoms with Crippen LogP contribution >= 0.6 is 11.3 Å². The van der Waals surface area contributed by atoms with Gasteiger partial charge in [0.05, 0.1) is 6.04 Å². The number of hydrogen-bond donors (Lipinski definition) is 3. The number of rotatable bonds is 5. The predicted octanol–water partition coefficient (Wildman–Crippen LogP) is 4.58. The zero-order valence-corrected chi connectivity index (χ0v) is 28.1. The van der Waals surface area contributed by atoms with Gasteiger partial charge in [-0.25, -0.2) is 9.59 Å². The fraction of sp³-hybridized carbons (Fsp3) is 0.500. The Kier molecular flexibility index (Phi) is 9.37. The number of nitrogens with zero attached hydrogens (tertiary/aromatic N) is 5. The van der Waals surface area contributed by atoms with Crippen molar-refractivity contribution in [2.75, 3.05) is 6.54 Å². The molecule has 2 fully saturated rings. The number of nitrogens with one attached hydrogen (secondary N) is 2. The largest absolute Gasteiger partial charge is 0.479 e. The molecule has 1 saturated heterocycles. The molecule has 5 atom stereocenters. The van der Waals surface area contributed by atoms with Crippen LogP contribution in [0.4, 0.5) is 4.79 Å². The smallest absolute Gasteiger partial charge is 0.408 e. The normalized spacial score (nSPS) is 26.4. The molecular formula is C34H41N7O6S. The molecule has 3 aliphatic rings. The first kappa shape index (κ1) is 33.3. The molecule has 2 aromatic heterocycles. The second kappa shape index (κ2) is 13.5. The van der Waals surface area contributed by atoms with Crippen LogP contribution in [0.15, 0.2) is 53.9 Å². The van der Waals surface area contributed by atoms with Crippen LogP contribution in [-0.2, 0) is 19.1 Å². The number of carboxylic acid groups (broad SMARTS) is 1. The molecule has 3 aromatic rings. The van der Waals surface area contributed by atoms with E-state index in [0.717, 1.165) is 35.3 Å². The Morgan fingerprint density at radius 3 is 2.69 bits per heavy atom. The molecule has 2 aliphatic heterocycles. The SMILES string of the molecule is CC(C)(C)OC(=O)N[C@H]1CCCCCC=C[C@@H]2C[C@@]2(C(=O)O)NC(=O)[C@@H]2C[C@@H](n3nnc(-c4cccc(-c5cccs5)c4)n3)CN2C1=O. The van der Waals surface area contributed by atoms with Gasteiger partial charge in [0.15, 0.2) is 0 Å². The van der Waals surface area contributed by atoms with Gasteiger partial charge >= 0.3 is 12.1 Å². The third kappa shape index (κ3) is 7.28. The standard InChI is InChI=1S/C34H41N7O6S/c1-33(2,3)47-32(46)35-25-14-8-6-4-5-7-13-23-19-34(23,31(44)45)36-29(42)26-18-24(20-40(26)30(25)43)41-38-28(37-39-41)22-12-9-11-21(17-22)27-15-10-16-48-27/h7,9-13,15-17,23-26H,4-6,8,14,18-20H2,1-3H3,(H,35,46)(H,36,42)(H,44,45)/t23-,24-,25+,26+,34-/m1/s1. The molecule has 3 amide bonds. The summed E-state index contributed by atoms with van der Waals surface area (Å²) in [6.45, 7) is 5.29. The molecule has 1 aromatic carbocycles. The first-order valence-corrected chi connectivity index (χ1v) is 17.3. The van der Waals surface area contributed by atoms with Crippen LogP contribution in [0.1, 0.15) is 71.8 Å². The molecule has 6 rings (SSSR count). The van der Waals surface area contributed by atoms with Gasteiger partial charge in [0.1, 0.15) is 23.2 Å². The highest BCUT2D eigenvalue weighted by molar-refractivity contribution is 7.13. The molecule has 1 aliphatic carbocycles. The number of tetrazole rings is 1. The summed E-state index contributed by atoms with van der Waals surface area (Å²) in [6, 6.07) is 9.35. The summed E-state index contributed by atoms with van der Waals surface area (Å²) in [6.07, 6.45) is 6.93. The van der Waals surface area contributed by atoms with Gasteiger partial charge in [-0.3, -0.25) is 9.59 Å². The van der Waals surface area contributed by atoms with Crippen LogP contribution in [0.3, 0.4) is 0 Å². The lowest BCUT2D eigenvalue weighted by molar-refractivity contribution is -0.145. The minimum Gasteiger partial charge on any atom is -0.479 e. The summed E-state index contributed by atoms with van der Waals surface area (Å²) in [7, 11) is 0. The Morgan fingerprint density at radius 1 is 1.12 bits per heavy atom. The zero-order chi connectivity index (χ0) is 34.1. The molecule has 0 unspecified atom stereocenters. The minimum atomic E-state index is -1.43. The molecule has 14 heteroatoms. The van der Waals surface area contributed by atoms with E-state index in [1.54, 1.807) is 32.1 Å². The summed E-state index contributed by atoms with van der Waals surface area (Å²) in [5.74, 6) is -2.07. The summed E-state index contributed by atoms with van der Waals surface area (Å²) in [5, 5.41) is 30.9. The Bertz CT molecular complexity index is 1700. The van der Waals surface area contributed by atoms with Crippen molar-refractivity contribution in [1.82, 2.24) is 35.7 Å². The van der Waals surface area contributed by atoms with Gasteiger partial charge in [-0.2, -0.15) is 4.80 Å². The molecule has 1 saturated carbocycles. The van der Waals surface area contributed by atoms with E-state index in [0.29, 0.717) is 18.7 Å². The average Bonchev–Trinajstić information content (AvgIpc) is 3.53. The van der Waals surface area contributed by atoms with Crippen molar-refractivity contribution in [3.05, 3.63) is 53.9 Å². The van der Waals surface area contributed by atoms with Gasteiger partial charge in [0.25, 0.3) is 0 Å². The molecule has 48 heavy (non-hydrogen) atoms. The Labute approximate surface area is 282 Å². The summed E-state index contributed by atoms with van der Waals surface area (Å²) < 4.78 is 5.47. The highest BCUT2D eigenvalue weighted by atomic mass is 32.1. The van der Waals surface area contributed by atoms with Gasteiger partial charge in [-0.15, -0.1) is 21.5 Å². The van der Waals surface area contributed by atoms with E-state index in [4.69, 9.17) is 4.74 Å². The molecule has 4 heterocycles. The third-order valence-electron chi connectivity index (χ3n) is 9.01. The van der Waals surface area contributed by atoms with Crippen LogP contribution in [0, 0.1) is 5.92 Å². The number of benzene rings is 1. The van der Waals surface area contributed by atoms with E-state index in [1.807, 2.05) is 53.9 Å². The number of alkyl carbamates (subject to hydrolysis) is 1. The summed E-state index contributed by atoms with van der Waals surface area (Å²) in [4.78, 5) is 57.4. The molecule has 13 nitrogen and oxygen atoms in total. The second-order valence-electron chi connectivity index (χ2n) is 13.7. The number of amides is 3. The van der Waals surface area contributed by atoms with E-state index in [1.165, 1.54) is 9.70 Å². The van der Waals surface area contributed by atoms with E-state index in [2.05, 4.69) is 26.0 Å².